The van der Waals surface area contributed by atoms with Crippen molar-refractivity contribution >= 4 is 10.2 Å². The molecule has 0 aromatic rings. The van der Waals surface area contributed by atoms with Gasteiger partial charge in [0.1, 0.15) is 0 Å². The van der Waals surface area contributed by atoms with Crippen molar-refractivity contribution in [3.05, 3.63) is 0 Å². The molecular weight excluding hydrogens is 318 g/mol. The maximum Gasteiger partial charge on any atom is 0.281 e. The second-order valence-electron chi connectivity index (χ2n) is 6.93. The number of nitrogens with zero attached hydrogens (tertiary/aromatic N) is 3. The van der Waals surface area contributed by atoms with E-state index in [2.05, 4.69) is 4.90 Å². The quantitative estimate of drug-likeness (QED) is 0.652. The third-order valence-electron chi connectivity index (χ3n) is 5.37. The van der Waals surface area contributed by atoms with Gasteiger partial charge in [0, 0.05) is 67.0 Å². The first kappa shape index (κ1) is 19.1. The van der Waals surface area contributed by atoms with Gasteiger partial charge in [-0.3, -0.25) is 0 Å². The van der Waals surface area contributed by atoms with Crippen LogP contribution in [0.1, 0.15) is 12.8 Å². The second-order valence-corrected chi connectivity index (χ2v) is 9.07. The van der Waals surface area contributed by atoms with Crippen molar-refractivity contribution in [1.82, 2.24) is 13.5 Å². The summed E-state index contributed by atoms with van der Waals surface area (Å²) in [4.78, 5) is 2.43. The summed E-state index contributed by atoms with van der Waals surface area (Å²) in [7, 11) is 3.36. The Kier molecular flexibility index (Phi) is 6.43. The van der Waals surface area contributed by atoms with E-state index in [4.69, 9.17) is 9.47 Å². The number of hydrogen-bond donors (Lipinski definition) is 0. The average Bonchev–Trinajstić information content (AvgIpc) is 2.83. The molecule has 1 spiro atoms. The first-order chi connectivity index (χ1) is 10.9. The molecule has 7 nitrogen and oxygen atoms in total. The average molecular weight is 349 g/mol. The summed E-state index contributed by atoms with van der Waals surface area (Å²) < 4.78 is 38.2. The summed E-state index contributed by atoms with van der Waals surface area (Å²) in [6, 6.07) is 0. The fraction of sp³-hybridized carbons (Fsp3) is 1.00. The van der Waals surface area contributed by atoms with Gasteiger partial charge in [0.15, 0.2) is 0 Å². The van der Waals surface area contributed by atoms with Crippen molar-refractivity contribution in [3.8, 4) is 0 Å². The van der Waals surface area contributed by atoms with E-state index in [1.165, 1.54) is 4.31 Å². The normalized spacial score (nSPS) is 26.4. The molecule has 0 unspecified atom stereocenters. The first-order valence-corrected chi connectivity index (χ1v) is 9.63. The molecule has 0 aliphatic carbocycles. The summed E-state index contributed by atoms with van der Waals surface area (Å²) in [5, 5.41) is 0. The largest absolute Gasteiger partial charge is 0.384 e. The third kappa shape index (κ3) is 4.05. The van der Waals surface area contributed by atoms with E-state index in [-0.39, 0.29) is 5.41 Å². The number of rotatable bonds is 7. The molecule has 2 aliphatic rings. The molecule has 1 atom stereocenters. The Morgan fingerprint density at radius 1 is 1.17 bits per heavy atom. The molecule has 0 saturated carbocycles. The van der Waals surface area contributed by atoms with Gasteiger partial charge in [0.2, 0.25) is 0 Å². The predicted molar refractivity (Wildman–Crippen MR) is 89.5 cm³/mol. The Morgan fingerprint density at radius 3 is 2.35 bits per heavy atom. The Labute approximate surface area is 140 Å². The first-order valence-electron chi connectivity index (χ1n) is 8.23. The molecule has 2 heterocycles. The lowest BCUT2D eigenvalue weighted by Gasteiger charge is -2.42. The van der Waals surface area contributed by atoms with Crippen molar-refractivity contribution in [1.29, 1.82) is 0 Å². The summed E-state index contributed by atoms with van der Waals surface area (Å²) in [5.41, 5.74) is 0.169. The van der Waals surface area contributed by atoms with Crippen LogP contribution in [0, 0.1) is 11.3 Å². The van der Waals surface area contributed by atoms with E-state index in [9.17, 15) is 8.42 Å². The Morgan fingerprint density at radius 2 is 1.83 bits per heavy atom. The van der Waals surface area contributed by atoms with Crippen molar-refractivity contribution in [2.45, 2.75) is 12.8 Å². The molecule has 2 rings (SSSR count). The highest BCUT2D eigenvalue weighted by molar-refractivity contribution is 7.86. The Hall–Kier alpha value is -0.250. The minimum absolute atomic E-state index is 0.169. The van der Waals surface area contributed by atoms with Crippen LogP contribution in [0.25, 0.3) is 0 Å². The van der Waals surface area contributed by atoms with Gasteiger partial charge in [0.25, 0.3) is 10.2 Å². The molecule has 0 aromatic heterocycles. The monoisotopic (exact) mass is 349 g/mol. The fourth-order valence-corrected chi connectivity index (χ4v) is 5.03. The zero-order valence-electron chi connectivity index (χ0n) is 14.8. The van der Waals surface area contributed by atoms with E-state index >= 15 is 0 Å². The summed E-state index contributed by atoms with van der Waals surface area (Å²) in [6.07, 6.45) is 1.80. The topological polar surface area (TPSA) is 62.3 Å². The maximum atomic E-state index is 12.3. The van der Waals surface area contributed by atoms with E-state index in [0.29, 0.717) is 19.0 Å². The summed E-state index contributed by atoms with van der Waals surface area (Å²) in [5.74, 6) is 0.466. The fourth-order valence-electron chi connectivity index (χ4n) is 3.93. The van der Waals surface area contributed by atoms with Crippen LogP contribution in [0.2, 0.25) is 0 Å². The predicted octanol–water partition coefficient (Wildman–Crippen LogP) is 0.0996. The third-order valence-corrected chi connectivity index (χ3v) is 7.31. The van der Waals surface area contributed by atoms with E-state index in [0.717, 1.165) is 45.7 Å². The molecule has 0 amide bonds. The lowest BCUT2D eigenvalue weighted by molar-refractivity contribution is 0.0556. The standard InChI is InChI=1S/C15H31N3O4S/c1-16(2)23(19,20)18-7-5-15(6-8-18)13-17(9-10-21-3)11-14(15)12-22-4/h14H,5-13H2,1-4H3/t14-/m0/s1. The van der Waals surface area contributed by atoms with Crippen molar-refractivity contribution < 1.29 is 17.9 Å². The highest BCUT2D eigenvalue weighted by Gasteiger charge is 2.49. The lowest BCUT2D eigenvalue weighted by atomic mass is 9.71. The molecule has 23 heavy (non-hydrogen) atoms. The highest BCUT2D eigenvalue weighted by Crippen LogP contribution is 2.45. The number of piperidine rings is 1. The summed E-state index contributed by atoms with van der Waals surface area (Å²) >= 11 is 0. The maximum absolute atomic E-state index is 12.3. The molecule has 0 aromatic carbocycles. The van der Waals surface area contributed by atoms with Gasteiger partial charge in [-0.1, -0.05) is 0 Å². The zero-order valence-corrected chi connectivity index (χ0v) is 15.6. The Bertz CT molecular complexity index is 475. The SMILES string of the molecule is COCCN1C[C@@H](COC)C2(CCN(S(=O)(=O)N(C)C)CC2)C1. The molecule has 2 saturated heterocycles. The van der Waals surface area contributed by atoms with Gasteiger partial charge in [-0.25, -0.2) is 0 Å². The van der Waals surface area contributed by atoms with Crippen LogP contribution in [0.15, 0.2) is 0 Å². The van der Waals surface area contributed by atoms with Crippen LogP contribution >= 0.6 is 0 Å². The molecule has 0 bridgehead atoms. The Balaban J connectivity index is 2.04. The molecule has 8 heteroatoms. The van der Waals surface area contributed by atoms with Crippen molar-refractivity contribution in [2.24, 2.45) is 11.3 Å². The molecular formula is C15H31N3O4S. The minimum atomic E-state index is -3.30. The van der Waals surface area contributed by atoms with Crippen LogP contribution in [0.3, 0.4) is 0 Å². The number of likely N-dealkylation sites (tertiary alicyclic amines) is 1. The van der Waals surface area contributed by atoms with Crippen molar-refractivity contribution in [2.75, 3.05) is 74.3 Å². The van der Waals surface area contributed by atoms with E-state index in [1.54, 1.807) is 32.6 Å². The molecule has 136 valence electrons. The van der Waals surface area contributed by atoms with Gasteiger partial charge in [-0.15, -0.1) is 0 Å². The number of ether oxygens (including phenoxy) is 2. The second kappa shape index (κ2) is 7.76. The van der Waals surface area contributed by atoms with E-state index in [1.807, 2.05) is 0 Å². The van der Waals surface area contributed by atoms with Crippen LogP contribution in [-0.2, 0) is 19.7 Å². The molecule has 0 N–H and O–H groups in total. The van der Waals surface area contributed by atoms with Gasteiger partial charge in [-0.2, -0.15) is 17.0 Å². The van der Waals surface area contributed by atoms with Crippen LogP contribution in [0.5, 0.6) is 0 Å². The van der Waals surface area contributed by atoms with Gasteiger partial charge in [-0.05, 0) is 18.3 Å². The lowest BCUT2D eigenvalue weighted by Crippen LogP contribution is -2.50. The van der Waals surface area contributed by atoms with Crippen LogP contribution in [-0.4, -0.2) is 96.2 Å². The van der Waals surface area contributed by atoms with Gasteiger partial charge >= 0.3 is 0 Å². The molecule has 0 radical (unpaired) electrons. The smallest absolute Gasteiger partial charge is 0.281 e. The van der Waals surface area contributed by atoms with Crippen LogP contribution in [0.4, 0.5) is 0 Å². The van der Waals surface area contributed by atoms with Crippen LogP contribution < -0.4 is 0 Å². The van der Waals surface area contributed by atoms with Gasteiger partial charge in [0.05, 0.1) is 13.2 Å². The molecule has 2 aliphatic heterocycles. The number of methoxy groups -OCH3 is 2. The summed E-state index contributed by atoms with van der Waals surface area (Å²) in [6.45, 7) is 5.62. The van der Waals surface area contributed by atoms with Gasteiger partial charge < -0.3 is 14.4 Å². The van der Waals surface area contributed by atoms with E-state index < -0.39 is 10.2 Å². The zero-order chi connectivity index (χ0) is 17.1. The van der Waals surface area contributed by atoms with Crippen molar-refractivity contribution in [3.63, 3.8) is 0 Å². The highest BCUT2D eigenvalue weighted by atomic mass is 32.2. The molecule has 2 fully saturated rings. The number of hydrogen-bond acceptors (Lipinski definition) is 5. The minimum Gasteiger partial charge on any atom is -0.384 e.